The molecule has 18 heavy (non-hydrogen) atoms. The molecule has 1 aromatic rings. The lowest BCUT2D eigenvalue weighted by atomic mass is 9.92. The Morgan fingerprint density at radius 2 is 2.17 bits per heavy atom. The van der Waals surface area contributed by atoms with Gasteiger partial charge in [-0.15, -0.1) is 0 Å². The number of hydrogen-bond acceptors (Lipinski definition) is 2. The van der Waals surface area contributed by atoms with E-state index in [0.29, 0.717) is 12.5 Å². The molecule has 3 unspecified atom stereocenters. The summed E-state index contributed by atoms with van der Waals surface area (Å²) in [7, 11) is 0. The molecule has 0 aromatic heterocycles. The van der Waals surface area contributed by atoms with E-state index in [1.54, 1.807) is 6.07 Å². The van der Waals surface area contributed by atoms with Gasteiger partial charge in [-0.1, -0.05) is 18.2 Å². The van der Waals surface area contributed by atoms with Gasteiger partial charge in [-0.3, -0.25) is 0 Å². The van der Waals surface area contributed by atoms with Crippen LogP contribution in [0.5, 0.6) is 0 Å². The van der Waals surface area contributed by atoms with Gasteiger partial charge < -0.3 is 10.4 Å². The summed E-state index contributed by atoms with van der Waals surface area (Å²) in [6.07, 6.45) is 4.45. The monoisotopic (exact) mass is 251 g/mol. The van der Waals surface area contributed by atoms with E-state index in [9.17, 15) is 9.50 Å². The average Bonchev–Trinajstić information content (AvgIpc) is 2.32. The number of hydrogen-bond donors (Lipinski definition) is 2. The molecule has 2 rings (SSSR count). The van der Waals surface area contributed by atoms with Crippen molar-refractivity contribution in [1.29, 1.82) is 0 Å². The first kappa shape index (κ1) is 13.5. The van der Waals surface area contributed by atoms with E-state index in [1.165, 1.54) is 6.07 Å². The van der Waals surface area contributed by atoms with Crippen molar-refractivity contribution in [3.63, 3.8) is 0 Å². The Bertz CT molecular complexity index is 383. The van der Waals surface area contributed by atoms with Gasteiger partial charge in [0, 0.05) is 12.1 Å². The summed E-state index contributed by atoms with van der Waals surface area (Å²) in [4.78, 5) is 0. The summed E-state index contributed by atoms with van der Waals surface area (Å²) in [5.41, 5.74) is 0.758. The van der Waals surface area contributed by atoms with Gasteiger partial charge in [0.25, 0.3) is 0 Å². The quantitative estimate of drug-likeness (QED) is 0.862. The molecule has 0 heterocycles. The molecule has 1 aromatic carbocycles. The van der Waals surface area contributed by atoms with Crippen LogP contribution in [0.1, 0.15) is 38.2 Å². The molecule has 0 amide bonds. The summed E-state index contributed by atoms with van der Waals surface area (Å²) < 4.78 is 13.5. The molecule has 2 nitrogen and oxygen atoms in total. The van der Waals surface area contributed by atoms with E-state index in [2.05, 4.69) is 12.2 Å². The Morgan fingerprint density at radius 3 is 2.89 bits per heavy atom. The predicted octanol–water partition coefficient (Wildman–Crippen LogP) is 2.65. The van der Waals surface area contributed by atoms with Crippen molar-refractivity contribution in [3.05, 3.63) is 35.6 Å². The van der Waals surface area contributed by atoms with Gasteiger partial charge in [-0.25, -0.2) is 4.39 Å². The van der Waals surface area contributed by atoms with Crippen LogP contribution in [0, 0.1) is 5.82 Å². The van der Waals surface area contributed by atoms with Crippen LogP contribution in [0.4, 0.5) is 4.39 Å². The van der Waals surface area contributed by atoms with Gasteiger partial charge in [-0.05, 0) is 50.7 Å². The number of benzene rings is 1. The highest BCUT2D eigenvalue weighted by atomic mass is 19.1. The van der Waals surface area contributed by atoms with Crippen LogP contribution in [0.3, 0.4) is 0 Å². The lowest BCUT2D eigenvalue weighted by molar-refractivity contribution is 0.109. The second kappa shape index (κ2) is 6.30. The molecule has 0 spiro atoms. The van der Waals surface area contributed by atoms with Crippen molar-refractivity contribution in [3.8, 4) is 0 Å². The molecular weight excluding hydrogens is 229 g/mol. The number of halogens is 1. The van der Waals surface area contributed by atoms with E-state index >= 15 is 0 Å². The lowest BCUT2D eigenvalue weighted by Crippen LogP contribution is -2.41. The summed E-state index contributed by atoms with van der Waals surface area (Å²) in [6.45, 7) is 2.08. The Labute approximate surface area is 108 Å². The number of aliphatic hydroxyl groups is 1. The molecule has 1 aliphatic carbocycles. The topological polar surface area (TPSA) is 32.3 Å². The Hall–Kier alpha value is -0.930. The van der Waals surface area contributed by atoms with Crippen LogP contribution in [0.15, 0.2) is 24.3 Å². The standard InChI is InChI=1S/C15H22FNO/c1-11(9-12-5-2-3-8-15(12)16)17-13-6-4-7-14(18)10-13/h2-3,5,8,11,13-14,17-18H,4,6-7,9-10H2,1H3. The van der Waals surface area contributed by atoms with E-state index < -0.39 is 0 Å². The maximum Gasteiger partial charge on any atom is 0.126 e. The molecule has 0 radical (unpaired) electrons. The Morgan fingerprint density at radius 1 is 1.39 bits per heavy atom. The van der Waals surface area contributed by atoms with Crippen LogP contribution in [0.2, 0.25) is 0 Å². The number of rotatable bonds is 4. The van der Waals surface area contributed by atoms with Crippen molar-refractivity contribution in [2.75, 3.05) is 0 Å². The Kier molecular flexibility index (Phi) is 4.72. The molecule has 3 atom stereocenters. The SMILES string of the molecule is CC(Cc1ccccc1F)NC1CCCC(O)C1. The first-order chi connectivity index (χ1) is 8.65. The maximum absolute atomic E-state index is 13.5. The minimum absolute atomic E-state index is 0.130. The van der Waals surface area contributed by atoms with Crippen LogP contribution < -0.4 is 5.32 Å². The van der Waals surface area contributed by atoms with Crippen LogP contribution in [-0.4, -0.2) is 23.3 Å². The molecular formula is C15H22FNO. The number of aliphatic hydroxyl groups excluding tert-OH is 1. The molecule has 3 heteroatoms. The van der Waals surface area contributed by atoms with Gasteiger partial charge in [-0.2, -0.15) is 0 Å². The van der Waals surface area contributed by atoms with E-state index in [1.807, 2.05) is 12.1 Å². The largest absolute Gasteiger partial charge is 0.393 e. The Balaban J connectivity index is 1.85. The smallest absolute Gasteiger partial charge is 0.126 e. The lowest BCUT2D eigenvalue weighted by Gasteiger charge is -2.29. The molecule has 0 saturated heterocycles. The van der Waals surface area contributed by atoms with Crippen molar-refractivity contribution in [2.24, 2.45) is 0 Å². The van der Waals surface area contributed by atoms with E-state index in [4.69, 9.17) is 0 Å². The molecule has 0 bridgehead atoms. The molecule has 1 saturated carbocycles. The van der Waals surface area contributed by atoms with Crippen LogP contribution in [-0.2, 0) is 6.42 Å². The normalized spacial score (nSPS) is 25.9. The summed E-state index contributed by atoms with van der Waals surface area (Å²) >= 11 is 0. The third-order valence-corrected chi connectivity index (χ3v) is 3.65. The average molecular weight is 251 g/mol. The molecule has 2 N–H and O–H groups in total. The minimum Gasteiger partial charge on any atom is -0.393 e. The fourth-order valence-electron chi connectivity index (χ4n) is 2.77. The summed E-state index contributed by atoms with van der Waals surface area (Å²) in [5, 5.41) is 13.1. The van der Waals surface area contributed by atoms with Gasteiger partial charge in [0.1, 0.15) is 5.82 Å². The highest BCUT2D eigenvalue weighted by Gasteiger charge is 2.21. The summed E-state index contributed by atoms with van der Waals surface area (Å²) in [6, 6.07) is 7.53. The van der Waals surface area contributed by atoms with Gasteiger partial charge in [0.15, 0.2) is 0 Å². The molecule has 100 valence electrons. The zero-order valence-electron chi connectivity index (χ0n) is 10.9. The van der Waals surface area contributed by atoms with Gasteiger partial charge >= 0.3 is 0 Å². The third kappa shape index (κ3) is 3.79. The van der Waals surface area contributed by atoms with Crippen molar-refractivity contribution in [2.45, 2.75) is 57.2 Å². The second-order valence-electron chi connectivity index (χ2n) is 5.38. The molecule has 0 aliphatic heterocycles. The second-order valence-corrected chi connectivity index (χ2v) is 5.38. The predicted molar refractivity (Wildman–Crippen MR) is 71.0 cm³/mol. The first-order valence-corrected chi connectivity index (χ1v) is 6.82. The van der Waals surface area contributed by atoms with Gasteiger partial charge in [0.05, 0.1) is 6.10 Å². The zero-order valence-corrected chi connectivity index (χ0v) is 10.9. The molecule has 1 fully saturated rings. The highest BCUT2D eigenvalue weighted by molar-refractivity contribution is 5.18. The van der Waals surface area contributed by atoms with Crippen LogP contribution in [0.25, 0.3) is 0 Å². The fourth-order valence-corrected chi connectivity index (χ4v) is 2.77. The number of nitrogens with one attached hydrogen (secondary N) is 1. The fraction of sp³-hybridized carbons (Fsp3) is 0.600. The van der Waals surface area contributed by atoms with Gasteiger partial charge in [0.2, 0.25) is 0 Å². The van der Waals surface area contributed by atoms with E-state index in [0.717, 1.165) is 31.2 Å². The van der Waals surface area contributed by atoms with E-state index in [-0.39, 0.29) is 18.0 Å². The first-order valence-electron chi connectivity index (χ1n) is 6.82. The van der Waals surface area contributed by atoms with Crippen molar-refractivity contribution < 1.29 is 9.50 Å². The third-order valence-electron chi connectivity index (χ3n) is 3.65. The maximum atomic E-state index is 13.5. The zero-order chi connectivity index (χ0) is 13.0. The van der Waals surface area contributed by atoms with Crippen LogP contribution >= 0.6 is 0 Å². The van der Waals surface area contributed by atoms with Crippen molar-refractivity contribution >= 4 is 0 Å². The minimum atomic E-state index is -0.170. The summed E-state index contributed by atoms with van der Waals surface area (Å²) in [5.74, 6) is -0.130. The molecule has 1 aliphatic rings. The highest BCUT2D eigenvalue weighted by Crippen LogP contribution is 2.19. The van der Waals surface area contributed by atoms with Crippen molar-refractivity contribution in [1.82, 2.24) is 5.32 Å².